The normalized spacial score (nSPS) is 27.7. The molecule has 1 aromatic rings. The van der Waals surface area contributed by atoms with E-state index in [0.29, 0.717) is 6.54 Å². The predicted octanol–water partition coefficient (Wildman–Crippen LogP) is -0.717. The molecule has 0 spiro atoms. The van der Waals surface area contributed by atoms with Gasteiger partial charge in [-0.2, -0.15) is 0 Å². The van der Waals surface area contributed by atoms with Crippen LogP contribution < -0.4 is 15.8 Å². The van der Waals surface area contributed by atoms with Crippen molar-refractivity contribution in [3.63, 3.8) is 0 Å². The van der Waals surface area contributed by atoms with E-state index in [9.17, 15) is 10.1 Å². The molecule has 8 heteroatoms. The SMILES string of the molecule is O=[N+]([O-])C1CNNC1N1CCN(c2ccccn2)CC1. The third kappa shape index (κ3) is 2.58. The van der Waals surface area contributed by atoms with Crippen molar-refractivity contribution >= 4 is 5.82 Å². The molecular formula is C12H18N6O2. The van der Waals surface area contributed by atoms with E-state index in [0.717, 1.165) is 32.0 Å². The maximum Gasteiger partial charge on any atom is 0.256 e. The van der Waals surface area contributed by atoms with Crippen molar-refractivity contribution in [1.82, 2.24) is 20.7 Å². The van der Waals surface area contributed by atoms with E-state index in [1.807, 2.05) is 18.2 Å². The molecule has 8 nitrogen and oxygen atoms in total. The van der Waals surface area contributed by atoms with Crippen LogP contribution in [-0.4, -0.2) is 59.7 Å². The van der Waals surface area contributed by atoms with Crippen molar-refractivity contribution in [1.29, 1.82) is 0 Å². The van der Waals surface area contributed by atoms with Crippen LogP contribution in [0.15, 0.2) is 24.4 Å². The van der Waals surface area contributed by atoms with Gasteiger partial charge in [-0.15, -0.1) is 0 Å². The summed E-state index contributed by atoms with van der Waals surface area (Å²) in [6.07, 6.45) is 1.56. The molecule has 108 valence electrons. The minimum atomic E-state index is -0.587. The van der Waals surface area contributed by atoms with E-state index in [-0.39, 0.29) is 11.1 Å². The summed E-state index contributed by atoms with van der Waals surface area (Å²) < 4.78 is 0. The summed E-state index contributed by atoms with van der Waals surface area (Å²) in [6.45, 7) is 3.62. The summed E-state index contributed by atoms with van der Waals surface area (Å²) in [5, 5.41) is 11.0. The molecule has 2 saturated heterocycles. The maximum absolute atomic E-state index is 11.0. The summed E-state index contributed by atoms with van der Waals surface area (Å²) in [7, 11) is 0. The number of hydrazine groups is 1. The van der Waals surface area contributed by atoms with Crippen LogP contribution in [0, 0.1) is 10.1 Å². The van der Waals surface area contributed by atoms with Gasteiger partial charge in [-0.05, 0) is 12.1 Å². The minimum Gasteiger partial charge on any atom is -0.354 e. The average molecular weight is 278 g/mol. The van der Waals surface area contributed by atoms with Crippen molar-refractivity contribution in [3.05, 3.63) is 34.5 Å². The molecule has 2 N–H and O–H groups in total. The average Bonchev–Trinajstić information content (AvgIpc) is 2.98. The molecule has 2 atom stereocenters. The maximum atomic E-state index is 11.0. The molecule has 20 heavy (non-hydrogen) atoms. The minimum absolute atomic E-state index is 0.206. The molecule has 2 fully saturated rings. The second-order valence-corrected chi connectivity index (χ2v) is 5.03. The van der Waals surface area contributed by atoms with Crippen LogP contribution in [0.3, 0.4) is 0 Å². The van der Waals surface area contributed by atoms with E-state index >= 15 is 0 Å². The topological polar surface area (TPSA) is 86.6 Å². The van der Waals surface area contributed by atoms with E-state index in [4.69, 9.17) is 0 Å². The van der Waals surface area contributed by atoms with Gasteiger partial charge in [-0.25, -0.2) is 15.8 Å². The molecule has 0 amide bonds. The Labute approximate surface area is 116 Å². The van der Waals surface area contributed by atoms with Crippen LogP contribution in [-0.2, 0) is 0 Å². The van der Waals surface area contributed by atoms with Gasteiger partial charge in [-0.1, -0.05) is 6.07 Å². The summed E-state index contributed by atoms with van der Waals surface area (Å²) >= 11 is 0. The van der Waals surface area contributed by atoms with Crippen LogP contribution in [0.2, 0.25) is 0 Å². The number of pyridine rings is 1. The Bertz CT molecular complexity index is 462. The Kier molecular flexibility index (Phi) is 3.77. The van der Waals surface area contributed by atoms with E-state index in [1.54, 1.807) is 6.20 Å². The van der Waals surface area contributed by atoms with Crippen molar-refractivity contribution in [2.45, 2.75) is 12.2 Å². The molecule has 0 aliphatic carbocycles. The predicted molar refractivity (Wildman–Crippen MR) is 73.7 cm³/mol. The smallest absolute Gasteiger partial charge is 0.256 e. The van der Waals surface area contributed by atoms with Gasteiger partial charge in [0.05, 0.1) is 6.54 Å². The molecule has 2 aliphatic heterocycles. The Balaban J connectivity index is 1.60. The van der Waals surface area contributed by atoms with E-state index in [1.165, 1.54) is 0 Å². The molecule has 1 aromatic heterocycles. The van der Waals surface area contributed by atoms with Gasteiger partial charge in [0, 0.05) is 37.3 Å². The fourth-order valence-electron chi connectivity index (χ4n) is 2.77. The number of nitrogens with one attached hydrogen (secondary N) is 2. The van der Waals surface area contributed by atoms with Crippen molar-refractivity contribution < 1.29 is 4.92 Å². The quantitative estimate of drug-likeness (QED) is 0.557. The fourth-order valence-corrected chi connectivity index (χ4v) is 2.77. The van der Waals surface area contributed by atoms with E-state index in [2.05, 4.69) is 25.6 Å². The summed E-state index contributed by atoms with van der Waals surface area (Å²) in [5.74, 6) is 0.968. The molecule has 0 radical (unpaired) electrons. The molecule has 0 saturated carbocycles. The Morgan fingerprint density at radius 2 is 2.10 bits per heavy atom. The van der Waals surface area contributed by atoms with Gasteiger partial charge in [0.2, 0.25) is 0 Å². The van der Waals surface area contributed by atoms with Crippen LogP contribution in [0.25, 0.3) is 0 Å². The molecular weight excluding hydrogens is 260 g/mol. The number of nitro groups is 1. The van der Waals surface area contributed by atoms with Crippen LogP contribution >= 0.6 is 0 Å². The highest BCUT2D eigenvalue weighted by atomic mass is 16.6. The molecule has 3 heterocycles. The van der Waals surface area contributed by atoms with Gasteiger partial charge in [0.1, 0.15) is 12.0 Å². The standard InChI is InChI=1S/C12H18N6O2/c19-18(20)10-9-14-15-12(10)17-7-5-16(6-8-17)11-3-1-2-4-13-11/h1-4,10,12,14-15H,5-9H2. The monoisotopic (exact) mass is 278 g/mol. The summed E-state index contributed by atoms with van der Waals surface area (Å²) in [4.78, 5) is 19.5. The highest BCUT2D eigenvalue weighted by Crippen LogP contribution is 2.16. The lowest BCUT2D eigenvalue weighted by molar-refractivity contribution is -0.524. The highest BCUT2D eigenvalue weighted by molar-refractivity contribution is 5.38. The van der Waals surface area contributed by atoms with Crippen molar-refractivity contribution in [3.8, 4) is 0 Å². The molecule has 2 aliphatic rings. The first-order chi connectivity index (χ1) is 9.75. The molecule has 0 aromatic carbocycles. The third-order valence-corrected chi connectivity index (χ3v) is 3.88. The molecule has 0 bridgehead atoms. The fraction of sp³-hybridized carbons (Fsp3) is 0.583. The first-order valence-electron chi connectivity index (χ1n) is 6.77. The van der Waals surface area contributed by atoms with Crippen LogP contribution in [0.5, 0.6) is 0 Å². The zero-order valence-corrected chi connectivity index (χ0v) is 11.1. The zero-order valence-electron chi connectivity index (χ0n) is 11.1. The number of hydrogen-bond acceptors (Lipinski definition) is 7. The van der Waals surface area contributed by atoms with Gasteiger partial charge in [-0.3, -0.25) is 15.0 Å². The van der Waals surface area contributed by atoms with E-state index < -0.39 is 6.04 Å². The first-order valence-corrected chi connectivity index (χ1v) is 6.77. The van der Waals surface area contributed by atoms with Crippen LogP contribution in [0.4, 0.5) is 5.82 Å². The summed E-state index contributed by atoms with van der Waals surface area (Å²) in [6, 6.07) is 5.27. The summed E-state index contributed by atoms with van der Waals surface area (Å²) in [5.41, 5.74) is 5.90. The zero-order chi connectivity index (χ0) is 13.9. The number of hydrogen-bond donors (Lipinski definition) is 2. The van der Waals surface area contributed by atoms with Gasteiger partial charge >= 0.3 is 0 Å². The Morgan fingerprint density at radius 3 is 2.75 bits per heavy atom. The third-order valence-electron chi connectivity index (χ3n) is 3.88. The molecule has 3 rings (SSSR count). The van der Waals surface area contributed by atoms with Crippen molar-refractivity contribution in [2.24, 2.45) is 0 Å². The largest absolute Gasteiger partial charge is 0.354 e. The van der Waals surface area contributed by atoms with Gasteiger partial charge < -0.3 is 4.90 Å². The first kappa shape index (κ1) is 13.2. The van der Waals surface area contributed by atoms with Gasteiger partial charge in [0.15, 0.2) is 0 Å². The lowest BCUT2D eigenvalue weighted by atomic mass is 10.2. The second-order valence-electron chi connectivity index (χ2n) is 5.03. The Morgan fingerprint density at radius 1 is 1.30 bits per heavy atom. The van der Waals surface area contributed by atoms with Crippen LogP contribution in [0.1, 0.15) is 0 Å². The van der Waals surface area contributed by atoms with Gasteiger partial charge in [0.25, 0.3) is 6.04 Å². The number of nitrogens with zero attached hydrogens (tertiary/aromatic N) is 4. The second kappa shape index (κ2) is 5.70. The lowest BCUT2D eigenvalue weighted by Crippen LogP contribution is -2.58. The van der Waals surface area contributed by atoms with Crippen molar-refractivity contribution in [2.75, 3.05) is 37.6 Å². The number of rotatable bonds is 3. The number of aromatic nitrogens is 1. The number of anilines is 1. The Hall–Kier alpha value is -1.77. The highest BCUT2D eigenvalue weighted by Gasteiger charge is 2.41. The molecule has 2 unspecified atom stereocenters. The number of piperazine rings is 1. The lowest BCUT2D eigenvalue weighted by Gasteiger charge is -2.38.